The molecule has 2 atom stereocenters. The number of carbonyl (C=O) groups excluding carboxylic acids is 1. The second-order valence-corrected chi connectivity index (χ2v) is 7.90. The van der Waals surface area contributed by atoms with Crippen LogP contribution >= 0.6 is 0 Å². The molecule has 0 saturated carbocycles. The third kappa shape index (κ3) is 3.30. The van der Waals surface area contributed by atoms with Gasteiger partial charge in [0.15, 0.2) is 0 Å². The van der Waals surface area contributed by atoms with E-state index >= 15 is 0 Å². The van der Waals surface area contributed by atoms with Crippen molar-refractivity contribution in [3.05, 3.63) is 78.4 Å². The molecule has 0 unspecified atom stereocenters. The predicted molar refractivity (Wildman–Crippen MR) is 96.7 cm³/mol. The van der Waals surface area contributed by atoms with Gasteiger partial charge in [-0.05, 0) is 31.0 Å². The van der Waals surface area contributed by atoms with Crippen LogP contribution < -0.4 is 5.32 Å². The van der Waals surface area contributed by atoms with E-state index in [1.807, 2.05) is 37.3 Å². The summed E-state index contributed by atoms with van der Waals surface area (Å²) in [5.74, 6) is 0. The first-order valence-corrected chi connectivity index (χ1v) is 9.45. The molecule has 130 valence electrons. The van der Waals surface area contributed by atoms with Gasteiger partial charge in [0, 0.05) is 0 Å². The van der Waals surface area contributed by atoms with Crippen molar-refractivity contribution in [3.8, 4) is 0 Å². The Morgan fingerprint density at radius 3 is 2.36 bits per heavy atom. The highest BCUT2D eigenvalue weighted by Crippen LogP contribution is 2.26. The van der Waals surface area contributed by atoms with Crippen LogP contribution in [0.25, 0.3) is 0 Å². The van der Waals surface area contributed by atoms with Gasteiger partial charge in [-0.2, -0.15) is 0 Å². The van der Waals surface area contributed by atoms with E-state index in [1.54, 1.807) is 12.1 Å². The Morgan fingerprint density at radius 1 is 1.12 bits per heavy atom. The fourth-order valence-electron chi connectivity index (χ4n) is 3.00. The summed E-state index contributed by atoms with van der Waals surface area (Å²) in [6.07, 6.45) is 2.04. The van der Waals surface area contributed by atoms with Gasteiger partial charge in [-0.1, -0.05) is 54.1 Å². The Balaban J connectivity index is 1.91. The van der Waals surface area contributed by atoms with Crippen molar-refractivity contribution in [2.45, 2.75) is 30.3 Å². The van der Waals surface area contributed by atoms with Crippen LogP contribution in [0, 0.1) is 6.92 Å². The molecule has 0 bridgehead atoms. The third-order valence-corrected chi connectivity index (χ3v) is 6.10. The van der Waals surface area contributed by atoms with Gasteiger partial charge < -0.3 is 5.32 Å². The van der Waals surface area contributed by atoms with Crippen LogP contribution in [-0.2, 0) is 16.4 Å². The number of hydrogen-bond donors (Lipinski definition) is 1. The topological polar surface area (TPSA) is 66.5 Å². The summed E-state index contributed by atoms with van der Waals surface area (Å²) in [6, 6.07) is 14.5. The summed E-state index contributed by atoms with van der Waals surface area (Å²) in [5.41, 5.74) is 1.97. The molecule has 0 spiro atoms. The molecule has 2 amide bonds. The maximum atomic E-state index is 12.9. The summed E-state index contributed by atoms with van der Waals surface area (Å²) in [5, 5.41) is 2.78. The van der Waals surface area contributed by atoms with E-state index in [-0.39, 0.29) is 10.9 Å². The molecular formula is C19H20N2O3S. The molecule has 2 aromatic rings. The molecule has 2 aromatic carbocycles. The maximum absolute atomic E-state index is 12.9. The summed E-state index contributed by atoms with van der Waals surface area (Å²) in [7, 11) is -3.94. The fraction of sp³-hybridized carbons (Fsp3) is 0.211. The number of sulfonamides is 1. The molecule has 5 nitrogen and oxygen atoms in total. The number of nitrogens with zero attached hydrogens (tertiary/aromatic N) is 1. The lowest BCUT2D eigenvalue weighted by Gasteiger charge is -2.23. The van der Waals surface area contributed by atoms with E-state index in [0.29, 0.717) is 6.42 Å². The average molecular weight is 356 g/mol. The first kappa shape index (κ1) is 17.2. The molecule has 3 rings (SSSR count). The highest BCUT2D eigenvalue weighted by molar-refractivity contribution is 7.89. The van der Waals surface area contributed by atoms with Gasteiger partial charge in [0.1, 0.15) is 0 Å². The monoisotopic (exact) mass is 356 g/mol. The molecule has 0 aliphatic carbocycles. The molecule has 1 aliphatic rings. The van der Waals surface area contributed by atoms with E-state index in [9.17, 15) is 13.2 Å². The van der Waals surface area contributed by atoms with Crippen LogP contribution in [0.1, 0.15) is 11.1 Å². The van der Waals surface area contributed by atoms with E-state index < -0.39 is 22.1 Å². The average Bonchev–Trinajstić information content (AvgIpc) is 2.92. The second-order valence-electron chi connectivity index (χ2n) is 6.09. The molecule has 1 saturated heterocycles. The van der Waals surface area contributed by atoms with Crippen LogP contribution in [0.3, 0.4) is 0 Å². The van der Waals surface area contributed by atoms with Gasteiger partial charge in [-0.15, -0.1) is 6.58 Å². The van der Waals surface area contributed by atoms with Gasteiger partial charge in [0.25, 0.3) is 10.0 Å². The molecule has 0 aromatic heterocycles. The Hall–Kier alpha value is -2.60. The van der Waals surface area contributed by atoms with Crippen molar-refractivity contribution in [1.29, 1.82) is 0 Å². The molecule has 0 radical (unpaired) electrons. The molecular weight excluding hydrogens is 336 g/mol. The highest BCUT2D eigenvalue weighted by Gasteiger charge is 2.44. The number of nitrogens with one attached hydrogen (secondary N) is 1. The Labute approximate surface area is 148 Å². The lowest BCUT2D eigenvalue weighted by atomic mass is 10.0. The van der Waals surface area contributed by atoms with E-state index in [0.717, 1.165) is 15.4 Å². The molecule has 1 fully saturated rings. The lowest BCUT2D eigenvalue weighted by Crippen LogP contribution is -2.40. The number of aryl methyl sites for hydroxylation is 1. The smallest absolute Gasteiger partial charge is 0.332 e. The van der Waals surface area contributed by atoms with Gasteiger partial charge in [0.05, 0.1) is 17.0 Å². The minimum absolute atomic E-state index is 0.0976. The Kier molecular flexibility index (Phi) is 4.63. The second kappa shape index (κ2) is 6.72. The summed E-state index contributed by atoms with van der Waals surface area (Å²) >= 11 is 0. The van der Waals surface area contributed by atoms with Gasteiger partial charge in [-0.3, -0.25) is 0 Å². The number of urea groups is 1. The first-order chi connectivity index (χ1) is 11.9. The Bertz CT molecular complexity index is 877. The lowest BCUT2D eigenvalue weighted by molar-refractivity contribution is 0.233. The zero-order valence-electron chi connectivity index (χ0n) is 13.9. The van der Waals surface area contributed by atoms with E-state index in [2.05, 4.69) is 11.9 Å². The van der Waals surface area contributed by atoms with Crippen LogP contribution in [-0.4, -0.2) is 30.8 Å². The molecule has 1 heterocycles. The van der Waals surface area contributed by atoms with Crippen molar-refractivity contribution in [2.75, 3.05) is 0 Å². The van der Waals surface area contributed by atoms with Crippen molar-refractivity contribution >= 4 is 16.1 Å². The third-order valence-electron chi connectivity index (χ3n) is 4.31. The normalized spacial score (nSPS) is 20.4. The molecule has 1 aliphatic heterocycles. The standard InChI is InChI=1S/C19H20N2O3S/c1-3-18-17(13-15-7-5-4-6-8-15)20-19(22)21(18)25(23,24)16-11-9-14(2)10-12-16/h3-12,17-18H,1,13H2,2H3,(H,20,22)/t17-,18-/m1/s1. The predicted octanol–water partition coefficient (Wildman–Crippen LogP) is 2.87. The SMILES string of the molecule is C=C[C@@H]1[C@@H](Cc2ccccc2)NC(=O)N1S(=O)(=O)c1ccc(C)cc1. The minimum Gasteiger partial charge on any atom is -0.332 e. The van der Waals surface area contributed by atoms with Gasteiger partial charge in [-0.25, -0.2) is 17.5 Å². The zero-order chi connectivity index (χ0) is 18.0. The Morgan fingerprint density at radius 2 is 1.76 bits per heavy atom. The van der Waals surface area contributed by atoms with Crippen LogP contribution in [0.15, 0.2) is 72.1 Å². The number of hydrogen-bond acceptors (Lipinski definition) is 3. The summed E-state index contributed by atoms with van der Waals surface area (Å²) in [4.78, 5) is 12.5. The van der Waals surface area contributed by atoms with Crippen molar-refractivity contribution in [1.82, 2.24) is 9.62 Å². The maximum Gasteiger partial charge on any atom is 0.332 e. The fourth-order valence-corrected chi connectivity index (χ4v) is 4.53. The van der Waals surface area contributed by atoms with E-state index in [1.165, 1.54) is 18.2 Å². The number of amides is 2. The van der Waals surface area contributed by atoms with E-state index in [4.69, 9.17) is 0 Å². The number of rotatable bonds is 5. The molecule has 1 N–H and O–H groups in total. The van der Waals surface area contributed by atoms with Crippen LogP contribution in [0.5, 0.6) is 0 Å². The number of benzene rings is 2. The molecule has 25 heavy (non-hydrogen) atoms. The van der Waals surface area contributed by atoms with Crippen LogP contribution in [0.4, 0.5) is 4.79 Å². The van der Waals surface area contributed by atoms with Crippen molar-refractivity contribution in [2.24, 2.45) is 0 Å². The summed E-state index contributed by atoms with van der Waals surface area (Å²) in [6.45, 7) is 5.62. The molecule has 6 heteroatoms. The van der Waals surface area contributed by atoms with Crippen molar-refractivity contribution in [3.63, 3.8) is 0 Å². The minimum atomic E-state index is -3.94. The van der Waals surface area contributed by atoms with Gasteiger partial charge in [0.2, 0.25) is 0 Å². The summed E-state index contributed by atoms with van der Waals surface area (Å²) < 4.78 is 26.8. The quantitative estimate of drug-likeness (QED) is 0.838. The number of carbonyl (C=O) groups is 1. The highest BCUT2D eigenvalue weighted by atomic mass is 32.2. The largest absolute Gasteiger partial charge is 0.332 e. The van der Waals surface area contributed by atoms with Gasteiger partial charge >= 0.3 is 6.03 Å². The van der Waals surface area contributed by atoms with Crippen LogP contribution in [0.2, 0.25) is 0 Å². The van der Waals surface area contributed by atoms with Crippen molar-refractivity contribution < 1.29 is 13.2 Å². The zero-order valence-corrected chi connectivity index (χ0v) is 14.7. The first-order valence-electron chi connectivity index (χ1n) is 8.01.